The van der Waals surface area contributed by atoms with Crippen LogP contribution in [0.3, 0.4) is 0 Å². The summed E-state index contributed by atoms with van der Waals surface area (Å²) in [6.07, 6.45) is 4.05. The quantitative estimate of drug-likeness (QED) is 0.722. The van der Waals surface area contributed by atoms with Gasteiger partial charge in [0.2, 0.25) is 0 Å². The zero-order valence-corrected chi connectivity index (χ0v) is 14.3. The Balaban J connectivity index is 1.63. The van der Waals surface area contributed by atoms with Crippen molar-refractivity contribution in [2.75, 3.05) is 18.6 Å². The van der Waals surface area contributed by atoms with Gasteiger partial charge in [-0.1, -0.05) is 17.3 Å². The number of anilines is 1. The van der Waals surface area contributed by atoms with E-state index in [1.165, 1.54) is 5.56 Å². The van der Waals surface area contributed by atoms with Crippen LogP contribution in [-0.4, -0.2) is 28.8 Å². The summed E-state index contributed by atoms with van der Waals surface area (Å²) in [7, 11) is 1.69. The maximum absolute atomic E-state index is 5.28. The van der Waals surface area contributed by atoms with Crippen LogP contribution in [0.2, 0.25) is 0 Å². The SMILES string of the molecule is COc1ccc(C2CCCN2c2cc(-c3nc(C)no3)ccn2)cc1. The topological polar surface area (TPSA) is 64.3 Å². The van der Waals surface area contributed by atoms with Crippen LogP contribution in [-0.2, 0) is 0 Å². The molecule has 0 aliphatic carbocycles. The fourth-order valence-corrected chi connectivity index (χ4v) is 3.34. The summed E-state index contributed by atoms with van der Waals surface area (Å²) in [5, 5.41) is 3.87. The molecule has 0 bridgehead atoms. The normalized spacial score (nSPS) is 17.0. The first kappa shape index (κ1) is 15.6. The molecule has 0 radical (unpaired) electrons. The molecule has 128 valence electrons. The first-order valence-electron chi connectivity index (χ1n) is 8.42. The Bertz CT molecular complexity index is 860. The van der Waals surface area contributed by atoms with Crippen LogP contribution in [0.4, 0.5) is 5.82 Å². The van der Waals surface area contributed by atoms with Crippen molar-refractivity contribution < 1.29 is 9.26 Å². The number of methoxy groups -OCH3 is 1. The van der Waals surface area contributed by atoms with E-state index in [0.717, 1.165) is 36.5 Å². The molecule has 3 aromatic rings. The van der Waals surface area contributed by atoms with Crippen molar-refractivity contribution in [3.05, 3.63) is 54.0 Å². The van der Waals surface area contributed by atoms with E-state index in [2.05, 4.69) is 32.2 Å². The predicted octanol–water partition coefficient (Wildman–Crippen LogP) is 3.79. The average molecular weight is 336 g/mol. The molecule has 0 spiro atoms. The average Bonchev–Trinajstić information content (AvgIpc) is 3.31. The van der Waals surface area contributed by atoms with Crippen LogP contribution in [0.1, 0.15) is 30.3 Å². The highest BCUT2D eigenvalue weighted by Gasteiger charge is 2.27. The fraction of sp³-hybridized carbons (Fsp3) is 0.316. The molecular formula is C19H20N4O2. The molecular weight excluding hydrogens is 316 g/mol. The number of rotatable bonds is 4. The summed E-state index contributed by atoms with van der Waals surface area (Å²) < 4.78 is 10.5. The maximum atomic E-state index is 5.28. The highest BCUT2D eigenvalue weighted by Crippen LogP contribution is 2.36. The van der Waals surface area contributed by atoms with Crippen LogP contribution in [0.5, 0.6) is 5.75 Å². The second-order valence-corrected chi connectivity index (χ2v) is 6.17. The van der Waals surface area contributed by atoms with E-state index in [1.807, 2.05) is 31.2 Å². The lowest BCUT2D eigenvalue weighted by atomic mass is 10.0. The van der Waals surface area contributed by atoms with E-state index >= 15 is 0 Å². The second-order valence-electron chi connectivity index (χ2n) is 6.17. The minimum absolute atomic E-state index is 0.318. The molecule has 2 aromatic heterocycles. The number of benzene rings is 1. The molecule has 1 atom stereocenters. The molecule has 1 unspecified atom stereocenters. The Morgan fingerprint density at radius 1 is 1.20 bits per heavy atom. The minimum atomic E-state index is 0.318. The van der Waals surface area contributed by atoms with Gasteiger partial charge in [-0.3, -0.25) is 0 Å². The molecule has 1 saturated heterocycles. The third-order valence-electron chi connectivity index (χ3n) is 4.57. The van der Waals surface area contributed by atoms with Crippen LogP contribution in [0.25, 0.3) is 11.5 Å². The predicted molar refractivity (Wildman–Crippen MR) is 94.6 cm³/mol. The van der Waals surface area contributed by atoms with Gasteiger partial charge in [0.05, 0.1) is 13.2 Å². The molecule has 0 amide bonds. The number of nitrogens with zero attached hydrogens (tertiary/aromatic N) is 4. The van der Waals surface area contributed by atoms with Crippen molar-refractivity contribution in [1.82, 2.24) is 15.1 Å². The lowest BCUT2D eigenvalue weighted by Crippen LogP contribution is -2.23. The van der Waals surface area contributed by atoms with Gasteiger partial charge in [0, 0.05) is 18.3 Å². The van der Waals surface area contributed by atoms with Crippen molar-refractivity contribution in [1.29, 1.82) is 0 Å². The minimum Gasteiger partial charge on any atom is -0.497 e. The molecule has 1 aliphatic rings. The van der Waals surface area contributed by atoms with E-state index in [1.54, 1.807) is 13.3 Å². The first-order chi connectivity index (χ1) is 12.2. The van der Waals surface area contributed by atoms with Crippen molar-refractivity contribution >= 4 is 5.82 Å². The van der Waals surface area contributed by atoms with Gasteiger partial charge in [0.1, 0.15) is 11.6 Å². The molecule has 1 aliphatic heterocycles. The second kappa shape index (κ2) is 6.55. The summed E-state index contributed by atoms with van der Waals surface area (Å²) in [5.74, 6) is 2.97. The van der Waals surface area contributed by atoms with E-state index in [4.69, 9.17) is 9.26 Å². The largest absolute Gasteiger partial charge is 0.497 e. The number of aromatic nitrogens is 3. The van der Waals surface area contributed by atoms with Gasteiger partial charge >= 0.3 is 0 Å². The van der Waals surface area contributed by atoms with E-state index < -0.39 is 0 Å². The first-order valence-corrected chi connectivity index (χ1v) is 8.42. The van der Waals surface area contributed by atoms with E-state index in [9.17, 15) is 0 Å². The summed E-state index contributed by atoms with van der Waals surface area (Å²) in [6.45, 7) is 2.80. The van der Waals surface area contributed by atoms with Gasteiger partial charge in [-0.05, 0) is 49.6 Å². The van der Waals surface area contributed by atoms with Crippen molar-refractivity contribution in [2.24, 2.45) is 0 Å². The summed E-state index contributed by atoms with van der Waals surface area (Å²) in [6, 6.07) is 12.5. The van der Waals surface area contributed by atoms with Gasteiger partial charge in [-0.25, -0.2) is 4.98 Å². The molecule has 6 heteroatoms. The standard InChI is InChI=1S/C19H20N4O2/c1-13-21-19(25-22-13)15-9-10-20-18(12-15)23-11-3-4-17(23)14-5-7-16(24-2)8-6-14/h5-10,12,17H,3-4,11H2,1-2H3. The summed E-state index contributed by atoms with van der Waals surface area (Å²) in [4.78, 5) is 11.2. The van der Waals surface area contributed by atoms with Gasteiger partial charge in [0.15, 0.2) is 5.82 Å². The van der Waals surface area contributed by atoms with Crippen molar-refractivity contribution in [2.45, 2.75) is 25.8 Å². The Kier molecular flexibility index (Phi) is 4.09. The van der Waals surface area contributed by atoms with Gasteiger partial charge in [-0.2, -0.15) is 4.98 Å². The van der Waals surface area contributed by atoms with E-state index in [0.29, 0.717) is 17.8 Å². The Morgan fingerprint density at radius 2 is 2.04 bits per heavy atom. The maximum Gasteiger partial charge on any atom is 0.258 e. The number of hydrogen-bond donors (Lipinski definition) is 0. The molecule has 1 fully saturated rings. The summed E-state index contributed by atoms with van der Waals surface area (Å²) in [5.41, 5.74) is 2.17. The van der Waals surface area contributed by atoms with Gasteiger partial charge in [0.25, 0.3) is 5.89 Å². The number of aryl methyl sites for hydroxylation is 1. The molecule has 1 aromatic carbocycles. The molecule has 25 heavy (non-hydrogen) atoms. The van der Waals surface area contributed by atoms with Crippen LogP contribution < -0.4 is 9.64 Å². The summed E-state index contributed by atoms with van der Waals surface area (Å²) >= 11 is 0. The zero-order valence-electron chi connectivity index (χ0n) is 14.3. The van der Waals surface area contributed by atoms with E-state index in [-0.39, 0.29) is 0 Å². The third kappa shape index (κ3) is 3.07. The van der Waals surface area contributed by atoms with Crippen LogP contribution >= 0.6 is 0 Å². The van der Waals surface area contributed by atoms with Gasteiger partial charge < -0.3 is 14.2 Å². The Hall–Kier alpha value is -2.89. The number of hydrogen-bond acceptors (Lipinski definition) is 6. The van der Waals surface area contributed by atoms with Crippen LogP contribution in [0, 0.1) is 6.92 Å². The third-order valence-corrected chi connectivity index (χ3v) is 4.57. The lowest BCUT2D eigenvalue weighted by Gasteiger charge is -2.26. The molecule has 6 nitrogen and oxygen atoms in total. The highest BCUT2D eigenvalue weighted by atomic mass is 16.5. The van der Waals surface area contributed by atoms with Crippen LogP contribution in [0.15, 0.2) is 47.1 Å². The van der Waals surface area contributed by atoms with Crippen molar-refractivity contribution in [3.8, 4) is 17.2 Å². The zero-order chi connectivity index (χ0) is 17.2. The number of pyridine rings is 1. The lowest BCUT2D eigenvalue weighted by molar-refractivity contribution is 0.414. The Morgan fingerprint density at radius 3 is 2.76 bits per heavy atom. The molecule has 0 N–H and O–H groups in total. The molecule has 4 rings (SSSR count). The molecule has 3 heterocycles. The number of ether oxygens (including phenoxy) is 1. The van der Waals surface area contributed by atoms with Crippen molar-refractivity contribution in [3.63, 3.8) is 0 Å². The highest BCUT2D eigenvalue weighted by molar-refractivity contribution is 5.59. The fourth-order valence-electron chi connectivity index (χ4n) is 3.34. The van der Waals surface area contributed by atoms with Gasteiger partial charge in [-0.15, -0.1) is 0 Å². The Labute approximate surface area is 146 Å². The molecule has 0 saturated carbocycles. The monoisotopic (exact) mass is 336 g/mol. The smallest absolute Gasteiger partial charge is 0.258 e.